The number of anilines is 1. The zero-order chi connectivity index (χ0) is 13.9. The van der Waals surface area contributed by atoms with E-state index in [2.05, 4.69) is 10.00 Å². The van der Waals surface area contributed by atoms with Crippen LogP contribution in [-0.2, 0) is 0 Å². The van der Waals surface area contributed by atoms with Gasteiger partial charge in [0.05, 0.1) is 18.8 Å². The Kier molecular flexibility index (Phi) is 3.58. The fraction of sp³-hybridized carbons (Fsp3) is 0.400. The molecule has 1 aromatic heterocycles. The number of methoxy groups -OCH3 is 1. The maximum atomic E-state index is 13.4. The van der Waals surface area contributed by atoms with Gasteiger partial charge in [0.25, 0.3) is 0 Å². The predicted octanol–water partition coefficient (Wildman–Crippen LogP) is 2.87. The molecule has 2 aromatic rings. The van der Waals surface area contributed by atoms with Crippen LogP contribution in [0.4, 0.5) is 10.1 Å². The van der Waals surface area contributed by atoms with Crippen molar-refractivity contribution in [2.24, 2.45) is 0 Å². The summed E-state index contributed by atoms with van der Waals surface area (Å²) in [5, 5.41) is 4.30. The van der Waals surface area contributed by atoms with Crippen LogP contribution in [0.5, 0.6) is 5.75 Å². The summed E-state index contributed by atoms with van der Waals surface area (Å²) in [4.78, 5) is 2.18. The Hall–Kier alpha value is -2.04. The summed E-state index contributed by atoms with van der Waals surface area (Å²) in [6.45, 7) is 1.76. The first-order valence-corrected chi connectivity index (χ1v) is 6.85. The number of ether oxygens (including phenoxy) is 1. The van der Waals surface area contributed by atoms with Crippen molar-refractivity contribution in [2.45, 2.75) is 18.9 Å². The van der Waals surface area contributed by atoms with Crippen molar-refractivity contribution >= 4 is 5.69 Å². The lowest BCUT2D eigenvalue weighted by atomic mass is 10.0. The van der Waals surface area contributed by atoms with Crippen LogP contribution >= 0.6 is 0 Å². The normalized spacial score (nSPS) is 16.4. The maximum absolute atomic E-state index is 13.4. The van der Waals surface area contributed by atoms with E-state index < -0.39 is 0 Å². The summed E-state index contributed by atoms with van der Waals surface area (Å²) in [5.74, 6) is 0.499. The van der Waals surface area contributed by atoms with E-state index in [0.29, 0.717) is 6.04 Å². The van der Waals surface area contributed by atoms with E-state index >= 15 is 0 Å². The molecule has 5 heteroatoms. The Balaban J connectivity index is 1.73. The van der Waals surface area contributed by atoms with Crippen molar-refractivity contribution in [2.75, 3.05) is 25.1 Å². The molecular formula is C15H18FN3O. The summed E-state index contributed by atoms with van der Waals surface area (Å²) < 4.78 is 20.8. The zero-order valence-electron chi connectivity index (χ0n) is 11.5. The molecule has 106 valence electrons. The van der Waals surface area contributed by atoms with Crippen LogP contribution in [0.3, 0.4) is 0 Å². The van der Waals surface area contributed by atoms with Crippen LogP contribution in [0.2, 0.25) is 0 Å². The molecule has 1 aromatic carbocycles. The third kappa shape index (κ3) is 2.48. The van der Waals surface area contributed by atoms with E-state index in [0.717, 1.165) is 37.4 Å². The highest BCUT2D eigenvalue weighted by Crippen LogP contribution is 2.33. The Morgan fingerprint density at radius 2 is 2.10 bits per heavy atom. The van der Waals surface area contributed by atoms with Crippen molar-refractivity contribution in [1.29, 1.82) is 0 Å². The van der Waals surface area contributed by atoms with Crippen molar-refractivity contribution in [1.82, 2.24) is 9.78 Å². The van der Waals surface area contributed by atoms with Gasteiger partial charge >= 0.3 is 0 Å². The van der Waals surface area contributed by atoms with Gasteiger partial charge in [-0.1, -0.05) is 0 Å². The van der Waals surface area contributed by atoms with Crippen molar-refractivity contribution in [3.63, 3.8) is 0 Å². The van der Waals surface area contributed by atoms with Crippen molar-refractivity contribution < 1.29 is 9.13 Å². The number of hydrogen-bond donors (Lipinski definition) is 0. The molecular weight excluding hydrogens is 257 g/mol. The second-order valence-corrected chi connectivity index (χ2v) is 5.02. The molecule has 0 N–H and O–H groups in total. The molecule has 1 aliphatic heterocycles. The number of nitrogens with zero attached hydrogens (tertiary/aromatic N) is 3. The lowest BCUT2D eigenvalue weighted by Gasteiger charge is -2.34. The number of halogens is 1. The molecule has 20 heavy (non-hydrogen) atoms. The molecule has 1 saturated heterocycles. The van der Waals surface area contributed by atoms with E-state index in [1.54, 1.807) is 19.2 Å². The third-order valence-electron chi connectivity index (χ3n) is 3.85. The monoisotopic (exact) mass is 275 g/mol. The van der Waals surface area contributed by atoms with Crippen LogP contribution in [0.15, 0.2) is 36.7 Å². The molecule has 2 heterocycles. The predicted molar refractivity (Wildman–Crippen MR) is 75.7 cm³/mol. The van der Waals surface area contributed by atoms with Gasteiger partial charge < -0.3 is 9.64 Å². The van der Waals surface area contributed by atoms with E-state index in [-0.39, 0.29) is 5.82 Å². The molecule has 0 saturated carbocycles. The van der Waals surface area contributed by atoms with E-state index in [1.807, 2.05) is 23.1 Å². The van der Waals surface area contributed by atoms with Gasteiger partial charge in [0, 0.05) is 31.5 Å². The molecule has 0 radical (unpaired) electrons. The summed E-state index contributed by atoms with van der Waals surface area (Å²) >= 11 is 0. The Morgan fingerprint density at radius 1 is 1.30 bits per heavy atom. The van der Waals surface area contributed by atoms with E-state index in [1.165, 1.54) is 6.07 Å². The standard InChI is InChI=1S/C15H18FN3O/c1-20-15-4-3-12(16)11-14(15)18-9-5-13(6-10-18)19-8-2-7-17-19/h2-4,7-8,11,13H,5-6,9-10H2,1H3. The molecule has 1 fully saturated rings. The van der Waals surface area contributed by atoms with E-state index in [4.69, 9.17) is 4.74 Å². The molecule has 3 rings (SSSR count). The largest absolute Gasteiger partial charge is 0.495 e. The first-order valence-electron chi connectivity index (χ1n) is 6.85. The smallest absolute Gasteiger partial charge is 0.142 e. The van der Waals surface area contributed by atoms with Crippen LogP contribution in [0, 0.1) is 5.82 Å². The molecule has 0 unspecified atom stereocenters. The van der Waals surface area contributed by atoms with Gasteiger partial charge in [-0.2, -0.15) is 5.10 Å². The zero-order valence-corrected chi connectivity index (χ0v) is 11.5. The number of hydrogen-bond acceptors (Lipinski definition) is 3. The molecule has 0 bridgehead atoms. The fourth-order valence-electron chi connectivity index (χ4n) is 2.78. The lowest BCUT2D eigenvalue weighted by molar-refractivity contribution is 0.362. The van der Waals surface area contributed by atoms with Gasteiger partial charge in [0.1, 0.15) is 11.6 Å². The van der Waals surface area contributed by atoms with Gasteiger partial charge in [-0.15, -0.1) is 0 Å². The minimum Gasteiger partial charge on any atom is -0.495 e. The highest BCUT2D eigenvalue weighted by Gasteiger charge is 2.23. The molecule has 0 amide bonds. The minimum absolute atomic E-state index is 0.227. The number of benzene rings is 1. The summed E-state index contributed by atoms with van der Waals surface area (Å²) in [5.41, 5.74) is 0.839. The second kappa shape index (κ2) is 5.53. The number of aromatic nitrogens is 2. The number of piperidine rings is 1. The fourth-order valence-corrected chi connectivity index (χ4v) is 2.78. The highest BCUT2D eigenvalue weighted by atomic mass is 19.1. The summed E-state index contributed by atoms with van der Waals surface area (Å²) in [6.07, 6.45) is 5.81. The van der Waals surface area contributed by atoms with Gasteiger partial charge in [-0.25, -0.2) is 4.39 Å². The van der Waals surface area contributed by atoms with Crippen LogP contribution in [-0.4, -0.2) is 30.0 Å². The molecule has 1 aliphatic rings. The number of rotatable bonds is 3. The van der Waals surface area contributed by atoms with Crippen LogP contribution in [0.1, 0.15) is 18.9 Å². The van der Waals surface area contributed by atoms with Crippen LogP contribution in [0.25, 0.3) is 0 Å². The van der Waals surface area contributed by atoms with Crippen molar-refractivity contribution in [3.8, 4) is 5.75 Å². The average Bonchev–Trinajstić information content (AvgIpc) is 3.02. The Bertz CT molecular complexity index is 563. The molecule has 0 aliphatic carbocycles. The third-order valence-corrected chi connectivity index (χ3v) is 3.85. The molecule has 0 spiro atoms. The molecule has 0 atom stereocenters. The van der Waals surface area contributed by atoms with Gasteiger partial charge in [-0.3, -0.25) is 4.68 Å². The molecule has 4 nitrogen and oxygen atoms in total. The quantitative estimate of drug-likeness (QED) is 0.863. The maximum Gasteiger partial charge on any atom is 0.142 e. The van der Waals surface area contributed by atoms with E-state index in [9.17, 15) is 4.39 Å². The van der Waals surface area contributed by atoms with Gasteiger partial charge in [0.15, 0.2) is 0 Å². The Morgan fingerprint density at radius 3 is 2.75 bits per heavy atom. The van der Waals surface area contributed by atoms with Crippen LogP contribution < -0.4 is 9.64 Å². The van der Waals surface area contributed by atoms with Gasteiger partial charge in [0.2, 0.25) is 0 Å². The Labute approximate surface area is 117 Å². The topological polar surface area (TPSA) is 30.3 Å². The highest BCUT2D eigenvalue weighted by molar-refractivity contribution is 5.58. The first-order chi connectivity index (χ1) is 9.78. The second-order valence-electron chi connectivity index (χ2n) is 5.02. The average molecular weight is 275 g/mol. The SMILES string of the molecule is COc1ccc(F)cc1N1CCC(n2cccn2)CC1. The van der Waals surface area contributed by atoms with Gasteiger partial charge in [-0.05, 0) is 31.0 Å². The van der Waals surface area contributed by atoms with Crippen molar-refractivity contribution in [3.05, 3.63) is 42.5 Å². The summed E-state index contributed by atoms with van der Waals surface area (Å²) in [6, 6.07) is 7.04. The minimum atomic E-state index is -0.227. The lowest BCUT2D eigenvalue weighted by Crippen LogP contribution is -2.35. The summed E-state index contributed by atoms with van der Waals surface area (Å²) in [7, 11) is 1.62. The first kappa shape index (κ1) is 13.0.